The normalized spacial score (nSPS) is 15.8. The van der Waals surface area contributed by atoms with E-state index in [2.05, 4.69) is 26.3 Å². The van der Waals surface area contributed by atoms with Gasteiger partial charge in [0.25, 0.3) is 0 Å². The number of aromatic nitrogens is 3. The van der Waals surface area contributed by atoms with Crippen LogP contribution in [-0.4, -0.2) is 15.0 Å². The van der Waals surface area contributed by atoms with Crippen molar-refractivity contribution in [1.82, 2.24) is 15.0 Å². The van der Waals surface area contributed by atoms with E-state index in [4.69, 9.17) is 5.26 Å². The van der Waals surface area contributed by atoms with E-state index in [1.54, 1.807) is 17.5 Å². The third-order valence-corrected chi connectivity index (χ3v) is 4.14. The Hall–Kier alpha value is -2.00. The minimum absolute atomic E-state index is 0.141. The molecule has 1 atom stereocenters. The first-order valence-electron chi connectivity index (χ1n) is 6.17. The Kier molecular flexibility index (Phi) is 3.13. The van der Waals surface area contributed by atoms with Gasteiger partial charge in [0.05, 0.1) is 6.04 Å². The minimum atomic E-state index is 0.141. The fourth-order valence-electron chi connectivity index (χ4n) is 2.00. The largest absolute Gasteiger partial charge is 0.358 e. The van der Waals surface area contributed by atoms with Gasteiger partial charge in [0.1, 0.15) is 11.1 Å². The molecular formula is C13H13N5S. The number of rotatable bonds is 4. The number of aryl methyl sites for hydroxylation is 1. The number of nitrogens with zero attached hydrogens (tertiary/aromatic N) is 4. The molecule has 0 unspecified atom stereocenters. The summed E-state index contributed by atoms with van der Waals surface area (Å²) in [6.07, 6.45) is 5.51. The van der Waals surface area contributed by atoms with Gasteiger partial charge in [0.2, 0.25) is 0 Å². The predicted octanol–water partition coefficient (Wildman–Crippen LogP) is 2.68. The average molecular weight is 271 g/mol. The van der Waals surface area contributed by atoms with Gasteiger partial charge in [-0.3, -0.25) is 0 Å². The molecule has 0 radical (unpaired) electrons. The van der Waals surface area contributed by atoms with Crippen LogP contribution >= 0.6 is 11.3 Å². The Morgan fingerprint density at radius 3 is 2.84 bits per heavy atom. The van der Waals surface area contributed by atoms with Crippen molar-refractivity contribution >= 4 is 17.2 Å². The van der Waals surface area contributed by atoms with Crippen LogP contribution < -0.4 is 5.32 Å². The molecule has 0 aromatic carbocycles. The molecule has 2 aromatic rings. The zero-order valence-electron chi connectivity index (χ0n) is 10.5. The average Bonchev–Trinajstić information content (AvgIpc) is 3.18. The molecule has 5 nitrogen and oxygen atoms in total. The van der Waals surface area contributed by atoms with Crippen LogP contribution in [-0.2, 0) is 0 Å². The summed E-state index contributed by atoms with van der Waals surface area (Å²) in [5.74, 6) is 1.13. The lowest BCUT2D eigenvalue weighted by molar-refractivity contribution is 0.668. The van der Waals surface area contributed by atoms with E-state index in [0.717, 1.165) is 10.7 Å². The molecule has 2 heterocycles. The second-order valence-corrected chi connectivity index (χ2v) is 5.54. The van der Waals surface area contributed by atoms with Crippen molar-refractivity contribution in [3.63, 3.8) is 0 Å². The molecule has 0 spiro atoms. The summed E-state index contributed by atoms with van der Waals surface area (Å²) in [6.45, 7) is 1.99. The summed E-state index contributed by atoms with van der Waals surface area (Å²) in [7, 11) is 0. The van der Waals surface area contributed by atoms with E-state index in [0.29, 0.717) is 17.4 Å². The number of hydrogen-bond donors (Lipinski definition) is 1. The monoisotopic (exact) mass is 271 g/mol. The van der Waals surface area contributed by atoms with Gasteiger partial charge in [-0.2, -0.15) is 5.26 Å². The van der Waals surface area contributed by atoms with Crippen LogP contribution in [0.1, 0.15) is 35.3 Å². The quantitative estimate of drug-likeness (QED) is 0.925. The van der Waals surface area contributed by atoms with Crippen LogP contribution in [0.3, 0.4) is 0 Å². The number of anilines is 1. The van der Waals surface area contributed by atoms with Crippen LogP contribution in [0.4, 0.5) is 5.82 Å². The van der Waals surface area contributed by atoms with Gasteiger partial charge >= 0.3 is 0 Å². The third-order valence-electron chi connectivity index (χ3n) is 3.09. The minimum Gasteiger partial charge on any atom is -0.358 e. The van der Waals surface area contributed by atoms with E-state index < -0.39 is 0 Å². The molecule has 0 saturated heterocycles. The zero-order valence-corrected chi connectivity index (χ0v) is 11.3. The maximum Gasteiger partial charge on any atom is 0.182 e. The third kappa shape index (κ3) is 2.56. The van der Waals surface area contributed by atoms with Gasteiger partial charge in [0, 0.05) is 23.5 Å². The predicted molar refractivity (Wildman–Crippen MR) is 72.7 cm³/mol. The van der Waals surface area contributed by atoms with E-state index in [1.807, 2.05) is 12.3 Å². The van der Waals surface area contributed by atoms with E-state index in [-0.39, 0.29) is 6.04 Å². The van der Waals surface area contributed by atoms with Crippen LogP contribution in [0.5, 0.6) is 0 Å². The molecule has 1 aliphatic rings. The molecule has 1 saturated carbocycles. The summed E-state index contributed by atoms with van der Waals surface area (Å²) < 4.78 is 0. The van der Waals surface area contributed by atoms with Crippen molar-refractivity contribution in [2.24, 2.45) is 5.92 Å². The lowest BCUT2D eigenvalue weighted by Crippen LogP contribution is -2.15. The lowest BCUT2D eigenvalue weighted by Gasteiger charge is -2.16. The summed E-state index contributed by atoms with van der Waals surface area (Å²) in [5, 5.41) is 15.5. The second-order valence-electron chi connectivity index (χ2n) is 4.65. The Morgan fingerprint density at radius 1 is 1.42 bits per heavy atom. The van der Waals surface area contributed by atoms with Crippen molar-refractivity contribution in [3.8, 4) is 6.07 Å². The summed E-state index contributed by atoms with van der Waals surface area (Å²) in [4.78, 5) is 12.8. The fraction of sp³-hybridized carbons (Fsp3) is 0.385. The molecule has 19 heavy (non-hydrogen) atoms. The highest BCUT2D eigenvalue weighted by molar-refractivity contribution is 7.09. The Bertz CT molecular complexity index is 626. The number of thiazole rings is 1. The molecular weight excluding hydrogens is 258 g/mol. The van der Waals surface area contributed by atoms with Crippen LogP contribution in [0.15, 0.2) is 17.8 Å². The first kappa shape index (κ1) is 12.1. The van der Waals surface area contributed by atoms with E-state index in [1.165, 1.54) is 19.0 Å². The van der Waals surface area contributed by atoms with Crippen molar-refractivity contribution in [2.75, 3.05) is 5.32 Å². The molecule has 2 aromatic heterocycles. The van der Waals surface area contributed by atoms with Gasteiger partial charge in [-0.05, 0) is 25.7 Å². The first-order valence-corrected chi connectivity index (χ1v) is 7.05. The van der Waals surface area contributed by atoms with E-state index >= 15 is 0 Å². The van der Waals surface area contributed by atoms with Gasteiger partial charge < -0.3 is 5.32 Å². The maximum absolute atomic E-state index is 9.05. The summed E-state index contributed by atoms with van der Waals surface area (Å²) >= 11 is 1.65. The fourth-order valence-corrected chi connectivity index (χ4v) is 2.94. The highest BCUT2D eigenvalue weighted by Gasteiger charge is 2.34. The summed E-state index contributed by atoms with van der Waals surface area (Å²) in [5.41, 5.74) is 1.37. The summed E-state index contributed by atoms with van der Waals surface area (Å²) in [6, 6.07) is 2.21. The standard InChI is InChI=1S/C13H13N5S/c1-8-7-19-13(17-8)11(9-2-3-9)18-12-10(6-14)15-4-5-16-12/h4-5,7,9,11H,2-3H2,1H3,(H,16,18)/t11-/m1/s1. The molecule has 1 aliphatic carbocycles. The highest BCUT2D eigenvalue weighted by atomic mass is 32.1. The van der Waals surface area contributed by atoms with Crippen molar-refractivity contribution < 1.29 is 0 Å². The first-order chi connectivity index (χ1) is 9.28. The maximum atomic E-state index is 9.05. The van der Waals surface area contributed by atoms with Crippen LogP contribution in [0.2, 0.25) is 0 Å². The topological polar surface area (TPSA) is 74.5 Å². The lowest BCUT2D eigenvalue weighted by atomic mass is 10.2. The Morgan fingerprint density at radius 2 is 2.21 bits per heavy atom. The van der Waals surface area contributed by atoms with Gasteiger partial charge in [-0.15, -0.1) is 11.3 Å². The second kappa shape index (κ2) is 4.94. The molecule has 1 fully saturated rings. The molecule has 1 N–H and O–H groups in total. The number of hydrogen-bond acceptors (Lipinski definition) is 6. The number of nitrogens with one attached hydrogen (secondary N) is 1. The molecule has 6 heteroatoms. The smallest absolute Gasteiger partial charge is 0.182 e. The number of nitriles is 1. The van der Waals surface area contributed by atoms with Gasteiger partial charge in [-0.1, -0.05) is 0 Å². The molecule has 96 valence electrons. The molecule has 0 bridgehead atoms. The molecule has 0 aliphatic heterocycles. The zero-order chi connectivity index (χ0) is 13.2. The molecule has 0 amide bonds. The molecule has 3 rings (SSSR count). The van der Waals surface area contributed by atoms with E-state index in [9.17, 15) is 0 Å². The van der Waals surface area contributed by atoms with Crippen molar-refractivity contribution in [2.45, 2.75) is 25.8 Å². The van der Waals surface area contributed by atoms with Crippen molar-refractivity contribution in [1.29, 1.82) is 5.26 Å². The van der Waals surface area contributed by atoms with Gasteiger partial charge in [-0.25, -0.2) is 15.0 Å². The van der Waals surface area contributed by atoms with Crippen molar-refractivity contribution in [3.05, 3.63) is 34.2 Å². The Labute approximate surface area is 115 Å². The Balaban J connectivity index is 1.88. The van der Waals surface area contributed by atoms with Crippen LogP contribution in [0, 0.1) is 24.2 Å². The van der Waals surface area contributed by atoms with Crippen LogP contribution in [0.25, 0.3) is 0 Å². The van der Waals surface area contributed by atoms with Gasteiger partial charge in [0.15, 0.2) is 11.5 Å². The highest BCUT2D eigenvalue weighted by Crippen LogP contribution is 2.43. The SMILES string of the molecule is Cc1csc([C@H](Nc2nccnc2C#N)C2CC2)n1.